The van der Waals surface area contributed by atoms with Crippen molar-refractivity contribution in [2.75, 3.05) is 6.54 Å². The SMILES string of the molecule is NCC1(NC(=O)C2CCC2)CCC1. The highest BCUT2D eigenvalue weighted by atomic mass is 16.2. The molecule has 0 aromatic carbocycles. The smallest absolute Gasteiger partial charge is 0.223 e. The van der Waals surface area contributed by atoms with Crippen LogP contribution in [0.15, 0.2) is 0 Å². The predicted octanol–water partition coefficient (Wildman–Crippen LogP) is 0.784. The fourth-order valence-electron chi connectivity index (χ4n) is 2.02. The molecule has 0 atom stereocenters. The maximum atomic E-state index is 11.6. The van der Waals surface area contributed by atoms with Crippen molar-refractivity contribution >= 4 is 5.91 Å². The molecule has 0 spiro atoms. The number of amides is 1. The molecule has 13 heavy (non-hydrogen) atoms. The average Bonchev–Trinajstić information content (AvgIpc) is 1.93. The van der Waals surface area contributed by atoms with Crippen LogP contribution in [0.2, 0.25) is 0 Å². The lowest BCUT2D eigenvalue weighted by Gasteiger charge is -2.43. The highest BCUT2D eigenvalue weighted by molar-refractivity contribution is 5.80. The molecule has 0 aromatic rings. The number of nitrogens with two attached hydrogens (primary N) is 1. The van der Waals surface area contributed by atoms with Crippen molar-refractivity contribution in [3.63, 3.8) is 0 Å². The third-order valence-corrected chi connectivity index (χ3v) is 3.57. The summed E-state index contributed by atoms with van der Waals surface area (Å²) in [5.74, 6) is 0.542. The quantitative estimate of drug-likeness (QED) is 0.678. The molecule has 74 valence electrons. The lowest BCUT2D eigenvalue weighted by atomic mass is 9.75. The molecule has 2 saturated carbocycles. The predicted molar refractivity (Wildman–Crippen MR) is 51.1 cm³/mol. The number of hydrogen-bond acceptors (Lipinski definition) is 2. The Balaban J connectivity index is 1.84. The second-order valence-corrected chi connectivity index (χ2v) is 4.46. The Morgan fingerprint density at radius 1 is 1.38 bits per heavy atom. The highest BCUT2D eigenvalue weighted by Gasteiger charge is 2.39. The van der Waals surface area contributed by atoms with E-state index in [-0.39, 0.29) is 11.4 Å². The Morgan fingerprint density at radius 3 is 2.38 bits per heavy atom. The summed E-state index contributed by atoms with van der Waals surface area (Å²) in [6.45, 7) is 0.603. The Bertz CT molecular complexity index is 201. The van der Waals surface area contributed by atoms with Crippen molar-refractivity contribution in [3.05, 3.63) is 0 Å². The van der Waals surface area contributed by atoms with Gasteiger partial charge in [-0.15, -0.1) is 0 Å². The molecule has 2 fully saturated rings. The molecular weight excluding hydrogens is 164 g/mol. The number of carbonyl (C=O) groups is 1. The summed E-state index contributed by atoms with van der Waals surface area (Å²) in [6.07, 6.45) is 6.72. The average molecular weight is 182 g/mol. The van der Waals surface area contributed by atoms with Crippen LogP contribution in [-0.4, -0.2) is 18.0 Å². The first-order chi connectivity index (χ1) is 6.26. The van der Waals surface area contributed by atoms with Gasteiger partial charge < -0.3 is 11.1 Å². The van der Waals surface area contributed by atoms with Crippen LogP contribution in [0, 0.1) is 5.92 Å². The zero-order chi connectivity index (χ0) is 9.31. The summed E-state index contributed by atoms with van der Waals surface area (Å²) in [5.41, 5.74) is 5.64. The summed E-state index contributed by atoms with van der Waals surface area (Å²) < 4.78 is 0. The van der Waals surface area contributed by atoms with Crippen LogP contribution in [0.5, 0.6) is 0 Å². The van der Waals surface area contributed by atoms with E-state index in [0.717, 1.165) is 25.7 Å². The normalized spacial score (nSPS) is 25.9. The largest absolute Gasteiger partial charge is 0.349 e. The van der Waals surface area contributed by atoms with Crippen molar-refractivity contribution in [2.45, 2.75) is 44.1 Å². The zero-order valence-electron chi connectivity index (χ0n) is 8.01. The minimum absolute atomic E-state index is 0.0212. The molecule has 0 bridgehead atoms. The van der Waals surface area contributed by atoms with E-state index in [2.05, 4.69) is 5.32 Å². The monoisotopic (exact) mass is 182 g/mol. The molecule has 0 saturated heterocycles. The van der Waals surface area contributed by atoms with Crippen molar-refractivity contribution in [2.24, 2.45) is 11.7 Å². The van der Waals surface area contributed by atoms with Gasteiger partial charge in [0, 0.05) is 12.5 Å². The number of carbonyl (C=O) groups excluding carboxylic acids is 1. The molecule has 0 unspecified atom stereocenters. The van der Waals surface area contributed by atoms with Gasteiger partial charge in [0.05, 0.1) is 5.54 Å². The highest BCUT2D eigenvalue weighted by Crippen LogP contribution is 2.33. The first kappa shape index (κ1) is 9.00. The molecule has 1 amide bonds. The third kappa shape index (κ3) is 1.57. The summed E-state index contributed by atoms with van der Waals surface area (Å²) >= 11 is 0. The molecule has 2 aliphatic carbocycles. The first-order valence-corrected chi connectivity index (χ1v) is 5.28. The van der Waals surface area contributed by atoms with Crippen LogP contribution in [0.1, 0.15) is 38.5 Å². The van der Waals surface area contributed by atoms with Crippen molar-refractivity contribution in [1.82, 2.24) is 5.32 Å². The van der Waals surface area contributed by atoms with Gasteiger partial charge in [-0.3, -0.25) is 4.79 Å². The molecule has 0 aliphatic heterocycles. The fraction of sp³-hybridized carbons (Fsp3) is 0.900. The van der Waals surface area contributed by atoms with E-state index in [0.29, 0.717) is 12.5 Å². The van der Waals surface area contributed by atoms with Gasteiger partial charge in [-0.2, -0.15) is 0 Å². The van der Waals surface area contributed by atoms with E-state index in [1.807, 2.05) is 0 Å². The summed E-state index contributed by atoms with van der Waals surface area (Å²) in [7, 11) is 0. The molecular formula is C10H18N2O. The Labute approximate surface area is 79.1 Å². The number of nitrogens with one attached hydrogen (secondary N) is 1. The van der Waals surface area contributed by atoms with E-state index in [9.17, 15) is 4.79 Å². The van der Waals surface area contributed by atoms with Gasteiger partial charge in [-0.1, -0.05) is 6.42 Å². The van der Waals surface area contributed by atoms with Gasteiger partial charge >= 0.3 is 0 Å². The Kier molecular flexibility index (Phi) is 2.28. The lowest BCUT2D eigenvalue weighted by Crippen LogP contribution is -2.59. The molecule has 3 N–H and O–H groups in total. The number of rotatable bonds is 3. The van der Waals surface area contributed by atoms with Crippen LogP contribution in [0.3, 0.4) is 0 Å². The summed E-state index contributed by atoms with van der Waals surface area (Å²) in [4.78, 5) is 11.6. The number of hydrogen-bond donors (Lipinski definition) is 2. The minimum Gasteiger partial charge on any atom is -0.349 e. The van der Waals surface area contributed by atoms with Crippen molar-refractivity contribution < 1.29 is 4.79 Å². The molecule has 0 aromatic heterocycles. The van der Waals surface area contributed by atoms with Gasteiger partial charge in [-0.25, -0.2) is 0 Å². The molecule has 2 aliphatic rings. The van der Waals surface area contributed by atoms with Gasteiger partial charge in [0.25, 0.3) is 0 Å². The van der Waals surface area contributed by atoms with E-state index in [1.165, 1.54) is 12.8 Å². The maximum absolute atomic E-state index is 11.6. The lowest BCUT2D eigenvalue weighted by molar-refractivity contribution is -0.130. The second-order valence-electron chi connectivity index (χ2n) is 4.46. The van der Waals surface area contributed by atoms with Crippen molar-refractivity contribution in [3.8, 4) is 0 Å². The summed E-state index contributed by atoms with van der Waals surface area (Å²) in [5, 5.41) is 3.12. The van der Waals surface area contributed by atoms with E-state index in [1.54, 1.807) is 0 Å². The van der Waals surface area contributed by atoms with Crippen LogP contribution in [-0.2, 0) is 4.79 Å². The molecule has 0 radical (unpaired) electrons. The standard InChI is InChI=1S/C10H18N2O/c11-7-10(5-2-6-10)12-9(13)8-3-1-4-8/h8H,1-7,11H2,(H,12,13). The summed E-state index contributed by atoms with van der Waals surface area (Å²) in [6, 6.07) is 0. The van der Waals surface area contributed by atoms with Crippen molar-refractivity contribution in [1.29, 1.82) is 0 Å². The van der Waals surface area contributed by atoms with E-state index >= 15 is 0 Å². The molecule has 3 heteroatoms. The van der Waals surface area contributed by atoms with Gasteiger partial charge in [0.2, 0.25) is 5.91 Å². The van der Waals surface area contributed by atoms with Crippen LogP contribution < -0.4 is 11.1 Å². The van der Waals surface area contributed by atoms with Crippen LogP contribution >= 0.6 is 0 Å². The minimum atomic E-state index is -0.0212. The molecule has 0 heterocycles. The molecule has 3 nitrogen and oxygen atoms in total. The van der Waals surface area contributed by atoms with Crippen LogP contribution in [0.25, 0.3) is 0 Å². The zero-order valence-corrected chi connectivity index (χ0v) is 8.01. The first-order valence-electron chi connectivity index (χ1n) is 5.28. The Hall–Kier alpha value is -0.570. The fourth-order valence-corrected chi connectivity index (χ4v) is 2.02. The molecule has 2 rings (SSSR count). The van der Waals surface area contributed by atoms with E-state index < -0.39 is 0 Å². The Morgan fingerprint density at radius 2 is 2.08 bits per heavy atom. The van der Waals surface area contributed by atoms with Crippen LogP contribution in [0.4, 0.5) is 0 Å². The van der Waals surface area contributed by atoms with Gasteiger partial charge in [0.15, 0.2) is 0 Å². The maximum Gasteiger partial charge on any atom is 0.223 e. The third-order valence-electron chi connectivity index (χ3n) is 3.57. The van der Waals surface area contributed by atoms with Gasteiger partial charge in [0.1, 0.15) is 0 Å². The topological polar surface area (TPSA) is 55.1 Å². The second kappa shape index (κ2) is 3.29. The van der Waals surface area contributed by atoms with Gasteiger partial charge in [-0.05, 0) is 32.1 Å². The van der Waals surface area contributed by atoms with E-state index in [4.69, 9.17) is 5.73 Å².